The van der Waals surface area contributed by atoms with E-state index < -0.39 is 0 Å². The van der Waals surface area contributed by atoms with Crippen molar-refractivity contribution in [3.05, 3.63) is 16.4 Å². The maximum atomic E-state index is 6.28. The van der Waals surface area contributed by atoms with Crippen molar-refractivity contribution in [3.63, 3.8) is 0 Å². The molecule has 0 fully saturated rings. The summed E-state index contributed by atoms with van der Waals surface area (Å²) in [7, 11) is 0. The van der Waals surface area contributed by atoms with Crippen molar-refractivity contribution < 1.29 is 0 Å². The van der Waals surface area contributed by atoms with E-state index in [2.05, 4.69) is 34.8 Å². The molecule has 0 amide bonds. The number of aromatic nitrogens is 2. The van der Waals surface area contributed by atoms with Gasteiger partial charge in [-0.2, -0.15) is 10.2 Å². The first kappa shape index (κ1) is 15.9. The Morgan fingerprint density at radius 3 is 2.84 bits per heavy atom. The summed E-state index contributed by atoms with van der Waals surface area (Å²) in [6, 6.07) is 0. The van der Waals surface area contributed by atoms with Crippen molar-refractivity contribution in [1.29, 1.82) is 0 Å². The van der Waals surface area contributed by atoms with E-state index in [1.807, 2.05) is 13.8 Å². The smallest absolute Gasteiger partial charge is 0.186 e. The van der Waals surface area contributed by atoms with Crippen LogP contribution < -0.4 is 10.7 Å². The van der Waals surface area contributed by atoms with E-state index in [0.717, 1.165) is 24.3 Å². The molecule has 0 atom stereocenters. The van der Waals surface area contributed by atoms with Gasteiger partial charge < -0.3 is 5.32 Å². The fraction of sp³-hybridized carbons (Fsp3) is 0.583. The molecule has 106 valence electrons. The number of rotatable bonds is 5. The third-order valence-corrected chi connectivity index (χ3v) is 2.98. The molecule has 0 aromatic carbocycles. The molecule has 0 bridgehead atoms. The lowest BCUT2D eigenvalue weighted by molar-refractivity contribution is 0.482. The van der Waals surface area contributed by atoms with Crippen molar-refractivity contribution >= 4 is 35.1 Å². The third kappa shape index (κ3) is 4.80. The highest BCUT2D eigenvalue weighted by Crippen LogP contribution is 2.18. The first-order chi connectivity index (χ1) is 8.95. The lowest BCUT2D eigenvalue weighted by atomic mass is 10.2. The Bertz CT molecular complexity index is 467. The Morgan fingerprint density at radius 2 is 2.26 bits per heavy atom. The van der Waals surface area contributed by atoms with E-state index in [1.165, 1.54) is 0 Å². The van der Waals surface area contributed by atoms with Gasteiger partial charge in [0.05, 0.1) is 17.5 Å². The molecule has 1 rings (SSSR count). The second-order valence-electron chi connectivity index (χ2n) is 4.60. The van der Waals surface area contributed by atoms with Gasteiger partial charge in [-0.05, 0) is 32.0 Å². The van der Waals surface area contributed by atoms with Gasteiger partial charge in [-0.15, -0.1) is 0 Å². The number of aryl methyl sites for hydroxylation is 1. The summed E-state index contributed by atoms with van der Waals surface area (Å²) < 4.78 is 1.80. The predicted molar refractivity (Wildman–Crippen MR) is 83.8 cm³/mol. The molecule has 0 radical (unpaired) electrons. The van der Waals surface area contributed by atoms with Crippen molar-refractivity contribution in [2.24, 2.45) is 11.0 Å². The summed E-state index contributed by atoms with van der Waals surface area (Å²) >= 11 is 11.3. The number of thiocarbonyl (C=S) groups is 1. The Kier molecular flexibility index (Phi) is 6.24. The molecule has 1 heterocycles. The van der Waals surface area contributed by atoms with Crippen LogP contribution in [0.4, 0.5) is 0 Å². The molecule has 1 aromatic rings. The molecular weight excluding hydrogens is 282 g/mol. The van der Waals surface area contributed by atoms with Gasteiger partial charge in [0.2, 0.25) is 0 Å². The minimum atomic E-state index is 0.487. The zero-order valence-corrected chi connectivity index (χ0v) is 13.3. The second-order valence-corrected chi connectivity index (χ2v) is 5.36. The Hall–Kier alpha value is -1.14. The van der Waals surface area contributed by atoms with Gasteiger partial charge >= 0.3 is 0 Å². The van der Waals surface area contributed by atoms with Crippen molar-refractivity contribution in [3.8, 4) is 0 Å². The minimum Gasteiger partial charge on any atom is -0.362 e. The van der Waals surface area contributed by atoms with Gasteiger partial charge in [0.1, 0.15) is 5.15 Å². The van der Waals surface area contributed by atoms with E-state index in [9.17, 15) is 0 Å². The monoisotopic (exact) mass is 301 g/mol. The summed E-state index contributed by atoms with van der Waals surface area (Å²) in [6.07, 6.45) is 1.64. The lowest BCUT2D eigenvalue weighted by Gasteiger charge is -2.05. The van der Waals surface area contributed by atoms with E-state index in [-0.39, 0.29) is 0 Å². The zero-order valence-electron chi connectivity index (χ0n) is 11.7. The van der Waals surface area contributed by atoms with Gasteiger partial charge in [0.25, 0.3) is 0 Å². The second kappa shape index (κ2) is 7.45. The molecule has 0 unspecified atom stereocenters. The molecular formula is C12H20ClN5S. The maximum Gasteiger partial charge on any atom is 0.186 e. The normalized spacial score (nSPS) is 11.3. The van der Waals surface area contributed by atoms with Crippen LogP contribution >= 0.6 is 23.8 Å². The van der Waals surface area contributed by atoms with Gasteiger partial charge in [-0.3, -0.25) is 10.1 Å². The molecule has 1 aromatic heterocycles. The first-order valence-corrected chi connectivity index (χ1v) is 7.04. The molecule has 2 N–H and O–H groups in total. The van der Waals surface area contributed by atoms with Gasteiger partial charge in [0.15, 0.2) is 5.11 Å². The van der Waals surface area contributed by atoms with Crippen molar-refractivity contribution in [2.75, 3.05) is 6.54 Å². The highest BCUT2D eigenvalue weighted by atomic mass is 35.5. The quantitative estimate of drug-likeness (QED) is 0.498. The number of hydrogen-bond acceptors (Lipinski definition) is 3. The number of hydrogen-bond donors (Lipinski definition) is 2. The molecule has 19 heavy (non-hydrogen) atoms. The molecule has 0 saturated heterocycles. The highest BCUT2D eigenvalue weighted by molar-refractivity contribution is 7.80. The number of hydrazone groups is 1. The highest BCUT2D eigenvalue weighted by Gasteiger charge is 2.12. The van der Waals surface area contributed by atoms with Crippen LogP contribution in [0, 0.1) is 12.8 Å². The standard InChI is InChI=1S/C12H20ClN5S/c1-5-14-12(19)16-15-6-10-9(4)17-18(11(10)13)7-8(2)3/h6,8H,5,7H2,1-4H3,(H2,14,16,19)/b15-6-. The largest absolute Gasteiger partial charge is 0.362 e. The van der Waals surface area contributed by atoms with Gasteiger partial charge in [-0.1, -0.05) is 25.4 Å². The summed E-state index contributed by atoms with van der Waals surface area (Å²) in [5.41, 5.74) is 4.40. The fourth-order valence-corrected chi connectivity index (χ4v) is 2.03. The minimum absolute atomic E-state index is 0.487. The SMILES string of the molecule is CCNC(=S)N/N=C\c1c(C)nn(CC(C)C)c1Cl. The van der Waals surface area contributed by atoms with Gasteiger partial charge in [-0.25, -0.2) is 0 Å². The maximum absolute atomic E-state index is 6.28. The van der Waals surface area contributed by atoms with Crippen LogP contribution in [-0.2, 0) is 6.54 Å². The molecule has 0 aliphatic carbocycles. The van der Waals surface area contributed by atoms with E-state index >= 15 is 0 Å². The molecule has 5 nitrogen and oxygen atoms in total. The Labute approximate surface area is 124 Å². The van der Waals surface area contributed by atoms with E-state index in [4.69, 9.17) is 23.8 Å². The van der Waals surface area contributed by atoms with Crippen LogP contribution in [0.3, 0.4) is 0 Å². The zero-order chi connectivity index (χ0) is 14.4. The number of nitrogens with one attached hydrogen (secondary N) is 2. The predicted octanol–water partition coefficient (Wildman–Crippen LogP) is 2.32. The van der Waals surface area contributed by atoms with Crippen molar-refractivity contribution in [2.45, 2.75) is 34.2 Å². The van der Waals surface area contributed by atoms with E-state index in [0.29, 0.717) is 16.2 Å². The molecule has 7 heteroatoms. The lowest BCUT2D eigenvalue weighted by Crippen LogP contribution is -2.31. The summed E-state index contributed by atoms with van der Waals surface area (Å²) in [6.45, 7) is 9.67. The van der Waals surface area contributed by atoms with Crippen LogP contribution in [0.25, 0.3) is 0 Å². The van der Waals surface area contributed by atoms with Crippen molar-refractivity contribution in [1.82, 2.24) is 20.5 Å². The molecule has 0 saturated carbocycles. The summed E-state index contributed by atoms with van der Waals surface area (Å²) in [5.74, 6) is 0.487. The van der Waals surface area contributed by atoms with Crippen LogP contribution in [-0.4, -0.2) is 27.7 Å². The molecule has 0 spiro atoms. The van der Waals surface area contributed by atoms with Crippen LogP contribution in [0.15, 0.2) is 5.10 Å². The summed E-state index contributed by atoms with van der Waals surface area (Å²) in [4.78, 5) is 0. The fourth-order valence-electron chi connectivity index (χ4n) is 1.54. The van der Waals surface area contributed by atoms with Crippen LogP contribution in [0.1, 0.15) is 32.0 Å². The molecule has 0 aliphatic heterocycles. The topological polar surface area (TPSA) is 54.2 Å². The number of nitrogens with zero attached hydrogens (tertiary/aromatic N) is 3. The van der Waals surface area contributed by atoms with Crippen LogP contribution in [0.2, 0.25) is 5.15 Å². The number of halogens is 1. The third-order valence-electron chi connectivity index (χ3n) is 2.34. The molecule has 0 aliphatic rings. The Balaban J connectivity index is 2.75. The van der Waals surface area contributed by atoms with E-state index in [1.54, 1.807) is 10.9 Å². The average Bonchev–Trinajstić information content (AvgIpc) is 2.56. The van der Waals surface area contributed by atoms with Gasteiger partial charge in [0, 0.05) is 13.1 Å². The van der Waals surface area contributed by atoms with Crippen LogP contribution in [0.5, 0.6) is 0 Å². The first-order valence-electron chi connectivity index (χ1n) is 6.25. The Morgan fingerprint density at radius 1 is 1.58 bits per heavy atom. The average molecular weight is 302 g/mol. The summed E-state index contributed by atoms with van der Waals surface area (Å²) in [5, 5.41) is 12.5.